The summed E-state index contributed by atoms with van der Waals surface area (Å²) in [5.74, 6) is -3.47. The highest BCUT2D eigenvalue weighted by Gasteiger charge is 2.37. The molecule has 0 amide bonds. The summed E-state index contributed by atoms with van der Waals surface area (Å²) < 4.78 is 12.5. The van der Waals surface area contributed by atoms with Gasteiger partial charge >= 0.3 is 5.97 Å². The van der Waals surface area contributed by atoms with E-state index in [2.05, 4.69) is 4.98 Å². The molecule has 2 aromatic carbocycles. The summed E-state index contributed by atoms with van der Waals surface area (Å²) >= 11 is 0. The van der Waals surface area contributed by atoms with Crippen molar-refractivity contribution >= 4 is 22.7 Å². The smallest absolute Gasteiger partial charge is 0.306 e. The van der Waals surface area contributed by atoms with Crippen molar-refractivity contribution in [1.82, 2.24) is 9.55 Å². The molecule has 2 aliphatic heterocycles. The third-order valence-electron chi connectivity index (χ3n) is 8.18. The van der Waals surface area contributed by atoms with E-state index in [1.165, 1.54) is 20.1 Å². The number of aromatic nitrogens is 2. The normalized spacial score (nSPS) is 16.1. The molecule has 0 radical (unpaired) electrons. The molecular weight excluding hydrogens is 528 g/mol. The molecule has 4 heterocycles. The number of ketones is 1. The molecule has 2 aromatic heterocycles. The Bertz CT molecular complexity index is 1840. The molecule has 4 aromatic rings. The fourth-order valence-corrected chi connectivity index (χ4v) is 6.12. The van der Waals surface area contributed by atoms with Gasteiger partial charge in [-0.25, -0.2) is 0 Å². The van der Waals surface area contributed by atoms with Crippen LogP contribution in [-0.2, 0) is 33.8 Å². The number of benzene rings is 2. The van der Waals surface area contributed by atoms with E-state index in [1.54, 1.807) is 23.8 Å². The number of nitrogens with zero attached hydrogens (tertiary/aromatic N) is 2. The van der Waals surface area contributed by atoms with Crippen LogP contribution in [-0.4, -0.2) is 43.7 Å². The standard InChI is InChI=1S/C31H28N2O8/c1-14-27(36)24-18(12-32-14)13-41-30(24)22-10-19(15(2)34)28(37)25(29(22)38)20(11-23(35)40-3)21-9-17-6-4-5-16-7-8-33(26(16)17)31(21)39/h4-6,9-10,12,20,30,36-38H,7-8,11,13H2,1-3H3. The van der Waals surface area contributed by atoms with E-state index in [4.69, 9.17) is 9.47 Å². The number of aryl methyl sites for hydroxylation is 3. The van der Waals surface area contributed by atoms with Crippen molar-refractivity contribution in [2.24, 2.45) is 0 Å². The van der Waals surface area contributed by atoms with Gasteiger partial charge in [0.05, 0.1) is 36.9 Å². The average molecular weight is 557 g/mol. The van der Waals surface area contributed by atoms with Crippen molar-refractivity contribution in [2.45, 2.75) is 51.9 Å². The molecule has 3 N–H and O–H groups in total. The van der Waals surface area contributed by atoms with Crippen LogP contribution in [0.5, 0.6) is 17.2 Å². The van der Waals surface area contributed by atoms with E-state index in [0.717, 1.165) is 16.5 Å². The molecule has 2 unspecified atom stereocenters. The zero-order valence-corrected chi connectivity index (χ0v) is 22.7. The molecule has 10 heteroatoms. The van der Waals surface area contributed by atoms with Crippen molar-refractivity contribution < 1.29 is 34.4 Å². The number of ether oxygens (including phenoxy) is 2. The molecule has 41 heavy (non-hydrogen) atoms. The van der Waals surface area contributed by atoms with E-state index >= 15 is 0 Å². The maximum atomic E-state index is 13.9. The first-order valence-electron chi connectivity index (χ1n) is 13.2. The minimum absolute atomic E-state index is 0.0925. The number of hydrogen-bond acceptors (Lipinski definition) is 9. The van der Waals surface area contributed by atoms with Crippen molar-refractivity contribution in [2.75, 3.05) is 7.11 Å². The molecule has 210 valence electrons. The van der Waals surface area contributed by atoms with E-state index < -0.39 is 41.7 Å². The number of aromatic hydroxyl groups is 3. The van der Waals surface area contributed by atoms with E-state index in [9.17, 15) is 29.7 Å². The Kier molecular flexibility index (Phi) is 6.30. The first-order chi connectivity index (χ1) is 19.6. The maximum absolute atomic E-state index is 13.9. The number of para-hydroxylation sites is 1. The maximum Gasteiger partial charge on any atom is 0.306 e. The van der Waals surface area contributed by atoms with Crippen LogP contribution >= 0.6 is 0 Å². The monoisotopic (exact) mass is 556 g/mol. The van der Waals surface area contributed by atoms with Crippen LogP contribution in [0.1, 0.15) is 74.8 Å². The summed E-state index contributed by atoms with van der Waals surface area (Å²) in [6.07, 6.45) is 0.854. The summed E-state index contributed by atoms with van der Waals surface area (Å²) in [5, 5.41) is 34.8. The van der Waals surface area contributed by atoms with Crippen molar-refractivity contribution in [1.29, 1.82) is 0 Å². The van der Waals surface area contributed by atoms with E-state index in [0.29, 0.717) is 29.8 Å². The fourth-order valence-electron chi connectivity index (χ4n) is 6.12. The lowest BCUT2D eigenvalue weighted by Crippen LogP contribution is -2.26. The van der Waals surface area contributed by atoms with Crippen LogP contribution in [0, 0.1) is 6.92 Å². The highest BCUT2D eigenvalue weighted by molar-refractivity contribution is 5.98. The molecule has 10 nitrogen and oxygen atoms in total. The largest absolute Gasteiger partial charge is 0.507 e. The molecular formula is C31H28N2O8. The third kappa shape index (κ3) is 4.05. The van der Waals surface area contributed by atoms with Crippen LogP contribution in [0.25, 0.3) is 10.9 Å². The lowest BCUT2D eigenvalue weighted by atomic mass is 9.83. The number of esters is 1. The zero-order chi connectivity index (χ0) is 29.2. The van der Waals surface area contributed by atoms with Gasteiger partial charge in [0.2, 0.25) is 0 Å². The summed E-state index contributed by atoms with van der Waals surface area (Å²) in [6, 6.07) is 8.69. The van der Waals surface area contributed by atoms with Gasteiger partial charge in [-0.2, -0.15) is 0 Å². The number of phenols is 2. The van der Waals surface area contributed by atoms with Crippen LogP contribution in [0.4, 0.5) is 0 Å². The van der Waals surface area contributed by atoms with Gasteiger partial charge in [-0.1, -0.05) is 18.2 Å². The SMILES string of the molecule is COC(=O)CC(c1c(O)c(C(C)=O)cc(C2OCc3cnc(C)c(O)c32)c1O)c1cc2cccc3c2n(c1=O)CC3. The second-order valence-electron chi connectivity index (χ2n) is 10.5. The number of fused-ring (bicyclic) bond motifs is 1. The lowest BCUT2D eigenvalue weighted by Gasteiger charge is -2.25. The lowest BCUT2D eigenvalue weighted by molar-refractivity contribution is -0.140. The Hall–Kier alpha value is -4.70. The van der Waals surface area contributed by atoms with Gasteiger partial charge in [0.15, 0.2) is 5.78 Å². The number of phenolic OH excluding ortho intramolecular Hbond substituents is 2. The van der Waals surface area contributed by atoms with Crippen LogP contribution in [0.15, 0.2) is 41.3 Å². The van der Waals surface area contributed by atoms with Crippen LogP contribution < -0.4 is 5.56 Å². The number of hydrogen-bond donors (Lipinski definition) is 3. The predicted octanol–water partition coefficient (Wildman–Crippen LogP) is 3.90. The Morgan fingerprint density at radius 3 is 2.66 bits per heavy atom. The molecule has 0 aliphatic carbocycles. The van der Waals surface area contributed by atoms with E-state index in [-0.39, 0.29) is 40.2 Å². The first-order valence-corrected chi connectivity index (χ1v) is 13.2. The molecule has 6 rings (SSSR count). The second kappa shape index (κ2) is 9.74. The molecule has 2 atom stereocenters. The van der Waals surface area contributed by atoms with Gasteiger partial charge in [-0.3, -0.25) is 19.4 Å². The first kappa shape index (κ1) is 26.5. The van der Waals surface area contributed by atoms with Gasteiger partial charge < -0.3 is 29.4 Å². The average Bonchev–Trinajstić information content (AvgIpc) is 3.58. The van der Waals surface area contributed by atoms with Gasteiger partial charge in [0.25, 0.3) is 5.56 Å². The molecule has 0 saturated carbocycles. The van der Waals surface area contributed by atoms with Crippen LogP contribution in [0.2, 0.25) is 0 Å². The predicted molar refractivity (Wildman–Crippen MR) is 147 cm³/mol. The summed E-state index contributed by atoms with van der Waals surface area (Å²) in [4.78, 5) is 43.5. The highest BCUT2D eigenvalue weighted by atomic mass is 16.5. The zero-order valence-electron chi connectivity index (χ0n) is 22.7. The topological polar surface area (TPSA) is 148 Å². The second-order valence-corrected chi connectivity index (χ2v) is 10.5. The van der Waals surface area contributed by atoms with Crippen molar-refractivity contribution in [3.63, 3.8) is 0 Å². The Morgan fingerprint density at radius 1 is 1.15 bits per heavy atom. The van der Waals surface area contributed by atoms with E-state index in [1.807, 2.05) is 18.2 Å². The Labute approximate surface area is 234 Å². The minimum atomic E-state index is -1.17. The Balaban J connectivity index is 1.63. The van der Waals surface area contributed by atoms with Gasteiger partial charge in [-0.15, -0.1) is 0 Å². The molecule has 0 spiro atoms. The summed E-state index contributed by atoms with van der Waals surface area (Å²) in [5.41, 5.74) is 2.78. The number of Topliss-reactive ketones (excluding diaryl/α,β-unsaturated/α-hetero) is 1. The Morgan fingerprint density at radius 2 is 1.93 bits per heavy atom. The van der Waals surface area contributed by atoms with Gasteiger partial charge in [-0.05, 0) is 43.4 Å². The minimum Gasteiger partial charge on any atom is -0.507 e. The van der Waals surface area contributed by atoms with Crippen LogP contribution in [0.3, 0.4) is 0 Å². The molecule has 2 aliphatic rings. The van der Waals surface area contributed by atoms with Crippen molar-refractivity contribution in [3.05, 3.63) is 91.5 Å². The quantitative estimate of drug-likeness (QED) is 0.238. The molecule has 0 fully saturated rings. The number of carbonyl (C=O) groups is 2. The molecule has 0 bridgehead atoms. The number of pyridine rings is 2. The summed E-state index contributed by atoms with van der Waals surface area (Å²) in [7, 11) is 1.21. The van der Waals surface area contributed by atoms with Crippen molar-refractivity contribution in [3.8, 4) is 17.2 Å². The van der Waals surface area contributed by atoms with Gasteiger partial charge in [0.1, 0.15) is 23.4 Å². The number of rotatable bonds is 6. The number of carbonyl (C=O) groups excluding carboxylic acids is 2. The number of methoxy groups -OCH3 is 1. The van der Waals surface area contributed by atoms with Gasteiger partial charge in [0, 0.05) is 46.5 Å². The summed E-state index contributed by atoms with van der Waals surface area (Å²) in [6.45, 7) is 3.43. The third-order valence-corrected chi connectivity index (χ3v) is 8.18. The fraction of sp³-hybridized carbons (Fsp3) is 0.290. The molecule has 0 saturated heterocycles. The highest BCUT2D eigenvalue weighted by Crippen LogP contribution is 2.50.